The zero-order valence-electron chi connectivity index (χ0n) is 7.52. The van der Waals surface area contributed by atoms with Crippen LogP contribution in [0.15, 0.2) is 36.8 Å². The molecule has 0 amide bonds. The number of hydrogen-bond acceptors (Lipinski definition) is 2. The van der Waals surface area contributed by atoms with Gasteiger partial charge in [0.05, 0.1) is 12.0 Å². The minimum absolute atomic E-state index is 0.243. The van der Waals surface area contributed by atoms with Crippen molar-refractivity contribution in [2.75, 3.05) is 0 Å². The predicted octanol–water partition coefficient (Wildman–Crippen LogP) is 1.47. The Bertz CT molecular complexity index is 419. The van der Waals surface area contributed by atoms with Gasteiger partial charge in [0.25, 0.3) is 0 Å². The number of halogens is 1. The van der Waals surface area contributed by atoms with Crippen LogP contribution in [0, 0.1) is 5.82 Å². The van der Waals surface area contributed by atoms with E-state index in [1.54, 1.807) is 18.5 Å². The number of nitrogens with zero attached hydrogens (tertiary/aromatic N) is 2. The van der Waals surface area contributed by atoms with E-state index in [1.165, 1.54) is 12.1 Å². The van der Waals surface area contributed by atoms with Crippen molar-refractivity contribution in [1.29, 1.82) is 0 Å². The normalized spacial score (nSPS) is 10.4. The average Bonchev–Trinajstić information content (AvgIpc) is 2.67. The molecule has 0 atom stereocenters. The van der Waals surface area contributed by atoms with Crippen LogP contribution in [-0.2, 0) is 6.54 Å². The summed E-state index contributed by atoms with van der Waals surface area (Å²) >= 11 is 0. The molecule has 0 unspecified atom stereocenters. The van der Waals surface area contributed by atoms with E-state index < -0.39 is 0 Å². The molecule has 0 aliphatic rings. The second-order valence-electron chi connectivity index (χ2n) is 2.95. The Hall–Kier alpha value is -1.68. The maximum atomic E-state index is 12.6. The van der Waals surface area contributed by atoms with E-state index in [0.717, 1.165) is 11.4 Å². The van der Waals surface area contributed by atoms with Gasteiger partial charge in [0.1, 0.15) is 5.82 Å². The maximum Gasteiger partial charge on any atom is 0.123 e. The zero-order valence-corrected chi connectivity index (χ0v) is 7.52. The molecule has 0 aliphatic heterocycles. The van der Waals surface area contributed by atoms with Crippen LogP contribution in [0.3, 0.4) is 0 Å². The molecule has 0 radical (unpaired) electrons. The van der Waals surface area contributed by atoms with Gasteiger partial charge in [0.2, 0.25) is 0 Å². The van der Waals surface area contributed by atoms with E-state index >= 15 is 0 Å². The highest BCUT2D eigenvalue weighted by atomic mass is 19.1. The van der Waals surface area contributed by atoms with Crippen LogP contribution in [0.4, 0.5) is 4.39 Å². The van der Waals surface area contributed by atoms with Crippen molar-refractivity contribution in [1.82, 2.24) is 9.55 Å². The molecule has 0 fully saturated rings. The Kier molecular flexibility index (Phi) is 2.28. The zero-order chi connectivity index (χ0) is 9.97. The van der Waals surface area contributed by atoms with Crippen molar-refractivity contribution in [2.24, 2.45) is 5.73 Å². The number of hydrogen-bond donors (Lipinski definition) is 1. The molecule has 0 bridgehead atoms. The summed E-state index contributed by atoms with van der Waals surface area (Å²) in [4.78, 5) is 4.08. The number of aromatic nitrogens is 2. The number of benzene rings is 1. The van der Waals surface area contributed by atoms with E-state index in [4.69, 9.17) is 5.73 Å². The molecule has 14 heavy (non-hydrogen) atoms. The van der Waals surface area contributed by atoms with E-state index in [1.807, 2.05) is 10.8 Å². The van der Waals surface area contributed by atoms with Crippen LogP contribution in [0.5, 0.6) is 0 Å². The second-order valence-corrected chi connectivity index (χ2v) is 2.95. The van der Waals surface area contributed by atoms with Gasteiger partial charge in [-0.25, -0.2) is 9.37 Å². The third-order valence-electron chi connectivity index (χ3n) is 1.97. The standard InChI is InChI=1S/C10H10FN3/c11-8-1-3-10(4-2-8)14-6-9(5-12)13-7-14/h1-4,6-7H,5,12H2. The number of rotatable bonds is 2. The van der Waals surface area contributed by atoms with Gasteiger partial charge in [-0.15, -0.1) is 0 Å². The SMILES string of the molecule is NCc1cn(-c2ccc(F)cc2)cn1. The highest BCUT2D eigenvalue weighted by Crippen LogP contribution is 2.09. The Morgan fingerprint density at radius 1 is 1.29 bits per heavy atom. The van der Waals surface area contributed by atoms with Crippen LogP contribution >= 0.6 is 0 Å². The molecule has 0 aliphatic carbocycles. The predicted molar refractivity (Wildman–Crippen MR) is 51.4 cm³/mol. The summed E-state index contributed by atoms with van der Waals surface area (Å²) in [5, 5.41) is 0. The highest BCUT2D eigenvalue weighted by molar-refractivity contribution is 5.32. The lowest BCUT2D eigenvalue weighted by atomic mass is 10.3. The molecule has 4 heteroatoms. The van der Waals surface area contributed by atoms with Crippen LogP contribution in [-0.4, -0.2) is 9.55 Å². The lowest BCUT2D eigenvalue weighted by Crippen LogP contribution is -1.95. The maximum absolute atomic E-state index is 12.6. The molecular formula is C10H10FN3. The summed E-state index contributed by atoms with van der Waals surface area (Å²) in [6.45, 7) is 0.411. The van der Waals surface area contributed by atoms with Crippen LogP contribution in [0.25, 0.3) is 5.69 Å². The summed E-state index contributed by atoms with van der Waals surface area (Å²) in [5.74, 6) is -0.243. The van der Waals surface area contributed by atoms with Crippen molar-refractivity contribution >= 4 is 0 Å². The Morgan fingerprint density at radius 3 is 2.57 bits per heavy atom. The van der Waals surface area contributed by atoms with Crippen LogP contribution in [0.1, 0.15) is 5.69 Å². The van der Waals surface area contributed by atoms with E-state index in [-0.39, 0.29) is 5.82 Å². The monoisotopic (exact) mass is 191 g/mol. The minimum Gasteiger partial charge on any atom is -0.325 e. The van der Waals surface area contributed by atoms with Gasteiger partial charge in [0, 0.05) is 18.4 Å². The van der Waals surface area contributed by atoms with Crippen LogP contribution in [0.2, 0.25) is 0 Å². The van der Waals surface area contributed by atoms with Crippen molar-refractivity contribution < 1.29 is 4.39 Å². The first-order chi connectivity index (χ1) is 6.79. The lowest BCUT2D eigenvalue weighted by molar-refractivity contribution is 0.627. The molecule has 1 aromatic heterocycles. The average molecular weight is 191 g/mol. The van der Waals surface area contributed by atoms with Crippen molar-refractivity contribution in [3.05, 3.63) is 48.3 Å². The summed E-state index contributed by atoms with van der Waals surface area (Å²) in [6.07, 6.45) is 3.49. The van der Waals surface area contributed by atoms with Gasteiger partial charge in [-0.05, 0) is 24.3 Å². The summed E-state index contributed by atoms with van der Waals surface area (Å²) < 4.78 is 14.4. The first-order valence-corrected chi connectivity index (χ1v) is 4.28. The molecule has 0 spiro atoms. The molecular weight excluding hydrogens is 181 g/mol. The molecule has 2 N–H and O–H groups in total. The first-order valence-electron chi connectivity index (χ1n) is 4.28. The van der Waals surface area contributed by atoms with Gasteiger partial charge in [0.15, 0.2) is 0 Å². The fraction of sp³-hybridized carbons (Fsp3) is 0.100. The second kappa shape index (κ2) is 3.59. The molecule has 0 saturated heterocycles. The summed E-state index contributed by atoms with van der Waals surface area (Å²) in [6, 6.07) is 6.21. The third kappa shape index (κ3) is 1.65. The molecule has 3 nitrogen and oxygen atoms in total. The summed E-state index contributed by atoms with van der Waals surface area (Å²) in [7, 11) is 0. The smallest absolute Gasteiger partial charge is 0.123 e. The molecule has 72 valence electrons. The van der Waals surface area contributed by atoms with Gasteiger partial charge >= 0.3 is 0 Å². The minimum atomic E-state index is -0.243. The molecule has 1 aromatic carbocycles. The van der Waals surface area contributed by atoms with Crippen LogP contribution < -0.4 is 5.73 Å². The van der Waals surface area contributed by atoms with E-state index in [2.05, 4.69) is 4.98 Å². The van der Waals surface area contributed by atoms with Crippen molar-refractivity contribution in [2.45, 2.75) is 6.54 Å². The van der Waals surface area contributed by atoms with E-state index in [9.17, 15) is 4.39 Å². The highest BCUT2D eigenvalue weighted by Gasteiger charge is 1.98. The van der Waals surface area contributed by atoms with Crippen molar-refractivity contribution in [3.8, 4) is 5.69 Å². The van der Waals surface area contributed by atoms with Gasteiger partial charge in [-0.3, -0.25) is 0 Å². The number of imidazole rings is 1. The van der Waals surface area contributed by atoms with Gasteiger partial charge < -0.3 is 10.3 Å². The number of nitrogens with two attached hydrogens (primary N) is 1. The molecule has 0 saturated carbocycles. The van der Waals surface area contributed by atoms with Gasteiger partial charge in [-0.2, -0.15) is 0 Å². The van der Waals surface area contributed by atoms with E-state index in [0.29, 0.717) is 6.54 Å². The quantitative estimate of drug-likeness (QED) is 0.781. The third-order valence-corrected chi connectivity index (χ3v) is 1.97. The Morgan fingerprint density at radius 2 is 2.00 bits per heavy atom. The first kappa shape index (κ1) is 8.90. The Balaban J connectivity index is 2.34. The fourth-order valence-electron chi connectivity index (χ4n) is 1.22. The lowest BCUT2D eigenvalue weighted by Gasteiger charge is -2.00. The summed E-state index contributed by atoms with van der Waals surface area (Å²) in [5.41, 5.74) is 7.12. The Labute approximate surface area is 81.0 Å². The molecule has 1 heterocycles. The molecule has 2 aromatic rings. The molecule has 2 rings (SSSR count). The fourth-order valence-corrected chi connectivity index (χ4v) is 1.22. The van der Waals surface area contributed by atoms with Gasteiger partial charge in [-0.1, -0.05) is 0 Å². The largest absolute Gasteiger partial charge is 0.325 e. The van der Waals surface area contributed by atoms with Crippen molar-refractivity contribution in [3.63, 3.8) is 0 Å². The topological polar surface area (TPSA) is 43.8 Å².